The monoisotopic (exact) mass is 280 g/mol. The molecule has 0 unspecified atom stereocenters. The molecule has 2 heterocycles. The number of hydrogen-bond acceptors (Lipinski definition) is 5. The van der Waals surface area contributed by atoms with Gasteiger partial charge in [0.25, 0.3) is 0 Å². The van der Waals surface area contributed by atoms with Crippen molar-refractivity contribution in [3.05, 3.63) is 11.6 Å². The molecule has 6 heteroatoms. The standard InChI is InChI=1S/C14H24N4O2/c1-5-10(14(19)20-4)15-11-7-6-8-18-13(11)16-12(17-18)9(2)3/h9-11,15H,5-8H2,1-4H3/t10-,11+/m0/s1. The first-order chi connectivity index (χ1) is 9.56. The van der Waals surface area contributed by atoms with Crippen LogP contribution >= 0.6 is 0 Å². The van der Waals surface area contributed by atoms with Gasteiger partial charge >= 0.3 is 5.97 Å². The molecule has 20 heavy (non-hydrogen) atoms. The molecule has 0 aliphatic carbocycles. The van der Waals surface area contributed by atoms with Crippen LogP contribution in [0.3, 0.4) is 0 Å². The topological polar surface area (TPSA) is 69.0 Å². The number of rotatable bonds is 5. The van der Waals surface area contributed by atoms with E-state index in [1.165, 1.54) is 7.11 Å². The summed E-state index contributed by atoms with van der Waals surface area (Å²) in [6.45, 7) is 7.06. The smallest absolute Gasteiger partial charge is 0.322 e. The van der Waals surface area contributed by atoms with E-state index in [-0.39, 0.29) is 18.1 Å². The third kappa shape index (κ3) is 3.00. The SMILES string of the molecule is CC[C@H](N[C@@H]1CCCn2nc(C(C)C)nc21)C(=O)OC. The number of carbonyl (C=O) groups excluding carboxylic acids is 1. The third-order valence-corrected chi connectivity index (χ3v) is 3.70. The minimum Gasteiger partial charge on any atom is -0.468 e. The summed E-state index contributed by atoms with van der Waals surface area (Å²) >= 11 is 0. The second kappa shape index (κ2) is 6.35. The van der Waals surface area contributed by atoms with Crippen molar-refractivity contribution >= 4 is 5.97 Å². The molecule has 0 aromatic carbocycles. The Balaban J connectivity index is 2.17. The van der Waals surface area contributed by atoms with Gasteiger partial charge in [-0.3, -0.25) is 10.1 Å². The average Bonchev–Trinajstić information content (AvgIpc) is 2.88. The van der Waals surface area contributed by atoms with E-state index in [4.69, 9.17) is 4.74 Å². The minimum atomic E-state index is -0.282. The molecule has 0 fully saturated rings. The largest absolute Gasteiger partial charge is 0.468 e. The highest BCUT2D eigenvalue weighted by Gasteiger charge is 2.29. The van der Waals surface area contributed by atoms with Crippen LogP contribution in [0.15, 0.2) is 0 Å². The fourth-order valence-corrected chi connectivity index (χ4v) is 2.51. The van der Waals surface area contributed by atoms with E-state index in [1.54, 1.807) is 0 Å². The molecule has 1 aliphatic heterocycles. The fraction of sp³-hybridized carbons (Fsp3) is 0.786. The van der Waals surface area contributed by atoms with Crippen LogP contribution in [0.4, 0.5) is 0 Å². The van der Waals surface area contributed by atoms with Gasteiger partial charge in [0.2, 0.25) is 0 Å². The summed E-state index contributed by atoms with van der Waals surface area (Å²) in [5.41, 5.74) is 0. The van der Waals surface area contributed by atoms with E-state index >= 15 is 0 Å². The molecule has 0 bridgehead atoms. The zero-order chi connectivity index (χ0) is 14.7. The van der Waals surface area contributed by atoms with Gasteiger partial charge in [0.05, 0.1) is 13.2 Å². The molecule has 0 radical (unpaired) electrons. The van der Waals surface area contributed by atoms with Gasteiger partial charge in [-0.15, -0.1) is 0 Å². The van der Waals surface area contributed by atoms with Gasteiger partial charge < -0.3 is 4.74 Å². The number of methoxy groups -OCH3 is 1. The molecule has 1 aromatic heterocycles. The molecule has 1 N–H and O–H groups in total. The van der Waals surface area contributed by atoms with Gasteiger partial charge in [0.1, 0.15) is 11.9 Å². The number of aromatic nitrogens is 3. The number of fused-ring (bicyclic) bond motifs is 1. The molecule has 6 nitrogen and oxygen atoms in total. The molecule has 2 atom stereocenters. The predicted octanol–water partition coefficient (Wildman–Crippen LogP) is 1.78. The Labute approximate surface area is 119 Å². The van der Waals surface area contributed by atoms with E-state index in [1.807, 2.05) is 11.6 Å². The molecular formula is C14H24N4O2. The van der Waals surface area contributed by atoms with Crippen molar-refractivity contribution in [2.24, 2.45) is 0 Å². The molecular weight excluding hydrogens is 256 g/mol. The summed E-state index contributed by atoms with van der Waals surface area (Å²) < 4.78 is 6.80. The predicted molar refractivity (Wildman–Crippen MR) is 75.3 cm³/mol. The molecule has 2 rings (SSSR count). The quantitative estimate of drug-likeness (QED) is 0.833. The first-order valence-corrected chi connectivity index (χ1v) is 7.35. The Hall–Kier alpha value is -1.43. The lowest BCUT2D eigenvalue weighted by molar-refractivity contribution is -0.143. The van der Waals surface area contributed by atoms with E-state index < -0.39 is 0 Å². The number of ether oxygens (including phenoxy) is 1. The Morgan fingerprint density at radius 3 is 2.90 bits per heavy atom. The molecule has 1 aromatic rings. The highest BCUT2D eigenvalue weighted by molar-refractivity contribution is 5.75. The van der Waals surface area contributed by atoms with Crippen LogP contribution in [-0.2, 0) is 16.1 Å². The van der Waals surface area contributed by atoms with Crippen molar-refractivity contribution in [1.29, 1.82) is 0 Å². The van der Waals surface area contributed by atoms with Crippen molar-refractivity contribution in [2.75, 3.05) is 7.11 Å². The molecule has 0 saturated carbocycles. The van der Waals surface area contributed by atoms with Crippen LogP contribution in [0, 0.1) is 0 Å². The summed E-state index contributed by atoms with van der Waals surface area (Å²) in [5, 5.41) is 7.91. The second-order valence-electron chi connectivity index (χ2n) is 5.55. The maximum Gasteiger partial charge on any atom is 0.322 e. The zero-order valence-corrected chi connectivity index (χ0v) is 12.7. The first kappa shape index (κ1) is 15.0. The van der Waals surface area contributed by atoms with Crippen LogP contribution in [0.1, 0.15) is 63.6 Å². The maximum absolute atomic E-state index is 11.7. The Bertz CT molecular complexity index is 470. The van der Waals surface area contributed by atoms with Gasteiger partial charge in [-0.25, -0.2) is 9.67 Å². The van der Waals surface area contributed by atoms with Crippen LogP contribution < -0.4 is 5.32 Å². The van der Waals surface area contributed by atoms with Crippen LogP contribution in [0.5, 0.6) is 0 Å². The molecule has 0 saturated heterocycles. The Morgan fingerprint density at radius 2 is 2.30 bits per heavy atom. The zero-order valence-electron chi connectivity index (χ0n) is 12.7. The number of nitrogens with one attached hydrogen (secondary N) is 1. The lowest BCUT2D eigenvalue weighted by Gasteiger charge is -2.26. The minimum absolute atomic E-state index is 0.0767. The molecule has 1 aliphatic rings. The average molecular weight is 280 g/mol. The summed E-state index contributed by atoms with van der Waals surface area (Å²) in [5.74, 6) is 1.92. The van der Waals surface area contributed by atoms with Gasteiger partial charge in [-0.05, 0) is 19.3 Å². The highest BCUT2D eigenvalue weighted by Crippen LogP contribution is 2.25. The van der Waals surface area contributed by atoms with Gasteiger partial charge in [-0.1, -0.05) is 20.8 Å². The van der Waals surface area contributed by atoms with Crippen LogP contribution in [-0.4, -0.2) is 33.9 Å². The normalized spacial score (nSPS) is 19.8. The van der Waals surface area contributed by atoms with E-state index in [2.05, 4.69) is 29.2 Å². The number of esters is 1. The number of nitrogens with zero attached hydrogens (tertiary/aromatic N) is 3. The molecule has 0 amide bonds. The molecule has 0 spiro atoms. The second-order valence-corrected chi connectivity index (χ2v) is 5.55. The lowest BCUT2D eigenvalue weighted by atomic mass is 10.1. The van der Waals surface area contributed by atoms with Crippen molar-refractivity contribution in [2.45, 2.75) is 64.6 Å². The Kier molecular flexibility index (Phi) is 4.75. The third-order valence-electron chi connectivity index (χ3n) is 3.70. The van der Waals surface area contributed by atoms with Gasteiger partial charge in [-0.2, -0.15) is 5.10 Å². The van der Waals surface area contributed by atoms with Crippen molar-refractivity contribution in [3.63, 3.8) is 0 Å². The maximum atomic E-state index is 11.7. The number of carbonyl (C=O) groups is 1. The van der Waals surface area contributed by atoms with Crippen molar-refractivity contribution in [1.82, 2.24) is 20.1 Å². The summed E-state index contributed by atoms with van der Waals surface area (Å²) in [6.07, 6.45) is 2.72. The Morgan fingerprint density at radius 1 is 1.55 bits per heavy atom. The summed E-state index contributed by atoms with van der Waals surface area (Å²) in [6, 6.07) is -0.205. The highest BCUT2D eigenvalue weighted by atomic mass is 16.5. The first-order valence-electron chi connectivity index (χ1n) is 7.35. The van der Waals surface area contributed by atoms with E-state index in [9.17, 15) is 4.79 Å². The van der Waals surface area contributed by atoms with Crippen molar-refractivity contribution in [3.8, 4) is 0 Å². The van der Waals surface area contributed by atoms with Crippen LogP contribution in [0.25, 0.3) is 0 Å². The van der Waals surface area contributed by atoms with Gasteiger partial charge in [0.15, 0.2) is 5.82 Å². The summed E-state index contributed by atoms with van der Waals surface area (Å²) in [4.78, 5) is 16.4. The number of hydrogen-bond donors (Lipinski definition) is 1. The van der Waals surface area contributed by atoms with E-state index in [0.717, 1.165) is 31.0 Å². The van der Waals surface area contributed by atoms with Crippen molar-refractivity contribution < 1.29 is 9.53 Å². The number of aryl methyl sites for hydroxylation is 1. The van der Waals surface area contributed by atoms with Crippen LogP contribution in [0.2, 0.25) is 0 Å². The van der Waals surface area contributed by atoms with E-state index in [0.29, 0.717) is 12.3 Å². The van der Waals surface area contributed by atoms with Gasteiger partial charge in [0, 0.05) is 12.5 Å². The fourth-order valence-electron chi connectivity index (χ4n) is 2.51. The lowest BCUT2D eigenvalue weighted by Crippen LogP contribution is -2.41. The molecule has 112 valence electrons. The summed E-state index contributed by atoms with van der Waals surface area (Å²) in [7, 11) is 1.42.